The second-order valence-electron chi connectivity index (χ2n) is 9.10. The van der Waals surface area contributed by atoms with Crippen LogP contribution in [0.3, 0.4) is 0 Å². The SMILES string of the molecule is Cc1cnn(-c2ccc(CNC(=O)c3ncc(-c4nc(C)cc(Cc5cc(C)[nH]n5)n4)cc3C)cn2)c1. The molecule has 0 saturated heterocycles. The van der Waals surface area contributed by atoms with Gasteiger partial charge >= 0.3 is 0 Å². The molecule has 10 nitrogen and oxygen atoms in total. The van der Waals surface area contributed by atoms with Gasteiger partial charge in [-0.1, -0.05) is 6.07 Å². The van der Waals surface area contributed by atoms with Crippen molar-refractivity contribution < 1.29 is 4.79 Å². The molecule has 5 heterocycles. The predicted octanol–water partition coefficient (Wildman–Crippen LogP) is 3.60. The van der Waals surface area contributed by atoms with Gasteiger partial charge in [0, 0.05) is 48.5 Å². The van der Waals surface area contributed by atoms with E-state index in [1.807, 2.05) is 64.2 Å². The molecule has 2 N–H and O–H groups in total. The fourth-order valence-electron chi connectivity index (χ4n) is 4.00. The lowest BCUT2D eigenvalue weighted by Gasteiger charge is -2.10. The molecule has 5 aromatic rings. The molecule has 186 valence electrons. The molecule has 0 aliphatic heterocycles. The average molecular weight is 494 g/mol. The van der Waals surface area contributed by atoms with Gasteiger partial charge in [-0.05, 0) is 68.7 Å². The van der Waals surface area contributed by atoms with Crippen LogP contribution in [0.5, 0.6) is 0 Å². The van der Waals surface area contributed by atoms with Gasteiger partial charge in [0.1, 0.15) is 5.69 Å². The van der Waals surface area contributed by atoms with Gasteiger partial charge in [0.05, 0.1) is 17.6 Å². The summed E-state index contributed by atoms with van der Waals surface area (Å²) in [4.78, 5) is 31.0. The lowest BCUT2D eigenvalue weighted by Crippen LogP contribution is -2.24. The summed E-state index contributed by atoms with van der Waals surface area (Å²) >= 11 is 0. The molecular weight excluding hydrogens is 466 g/mol. The van der Waals surface area contributed by atoms with E-state index in [4.69, 9.17) is 4.98 Å². The number of carbonyl (C=O) groups excluding carboxylic acids is 1. The molecule has 37 heavy (non-hydrogen) atoms. The number of nitrogens with zero attached hydrogens (tertiary/aromatic N) is 7. The monoisotopic (exact) mass is 493 g/mol. The van der Waals surface area contributed by atoms with Crippen molar-refractivity contribution >= 4 is 5.91 Å². The summed E-state index contributed by atoms with van der Waals surface area (Å²) < 4.78 is 1.71. The second kappa shape index (κ2) is 10.1. The fraction of sp³-hybridized carbons (Fsp3) is 0.222. The Bertz CT molecular complexity index is 1570. The Morgan fingerprint density at radius 1 is 0.973 bits per heavy atom. The van der Waals surface area contributed by atoms with Crippen LogP contribution in [-0.2, 0) is 13.0 Å². The molecule has 0 bridgehead atoms. The molecular formula is C27H27N9O. The number of pyridine rings is 2. The Morgan fingerprint density at radius 3 is 2.51 bits per heavy atom. The van der Waals surface area contributed by atoms with Crippen LogP contribution >= 0.6 is 0 Å². The lowest BCUT2D eigenvalue weighted by molar-refractivity contribution is 0.0945. The number of amides is 1. The first kappa shape index (κ1) is 24.0. The number of aromatic nitrogens is 8. The lowest BCUT2D eigenvalue weighted by atomic mass is 10.1. The largest absolute Gasteiger partial charge is 0.347 e. The summed E-state index contributed by atoms with van der Waals surface area (Å²) in [5.74, 6) is 1.04. The molecule has 1 amide bonds. The van der Waals surface area contributed by atoms with Crippen molar-refractivity contribution in [2.45, 2.75) is 40.7 Å². The number of aryl methyl sites for hydroxylation is 4. The third-order valence-electron chi connectivity index (χ3n) is 5.79. The standard InChI is InChI=1S/C27H27N9O/c1-16-11-31-36(15-16)24-6-5-20(12-28-24)13-30-27(37)25-17(2)7-21(14-29-25)26-32-18(3)8-22(33-26)10-23-9-19(4)34-35-23/h5-9,11-12,14-15H,10,13H2,1-4H3,(H,30,37)(H,34,35). The van der Waals surface area contributed by atoms with Crippen molar-refractivity contribution in [3.63, 3.8) is 0 Å². The minimum Gasteiger partial charge on any atom is -0.347 e. The van der Waals surface area contributed by atoms with Gasteiger partial charge in [-0.3, -0.25) is 14.9 Å². The number of H-pyrrole nitrogens is 1. The molecule has 10 heteroatoms. The molecule has 0 aliphatic rings. The molecule has 0 fully saturated rings. The summed E-state index contributed by atoms with van der Waals surface area (Å²) in [6.45, 7) is 8.07. The second-order valence-corrected chi connectivity index (χ2v) is 9.10. The van der Waals surface area contributed by atoms with Crippen LogP contribution in [0.25, 0.3) is 17.2 Å². The maximum absolute atomic E-state index is 12.8. The van der Waals surface area contributed by atoms with Crippen molar-refractivity contribution in [3.8, 4) is 17.2 Å². The van der Waals surface area contributed by atoms with Crippen LogP contribution in [0.15, 0.2) is 55.1 Å². The Hall–Kier alpha value is -4.73. The van der Waals surface area contributed by atoms with Crippen molar-refractivity contribution in [3.05, 3.63) is 100 Å². The first-order valence-corrected chi connectivity index (χ1v) is 11.9. The smallest absolute Gasteiger partial charge is 0.270 e. The number of nitrogens with one attached hydrogen (secondary N) is 2. The van der Waals surface area contributed by atoms with E-state index in [0.717, 1.165) is 50.8 Å². The van der Waals surface area contributed by atoms with Crippen LogP contribution in [-0.4, -0.2) is 45.8 Å². The Kier molecular flexibility index (Phi) is 6.55. The number of carbonyl (C=O) groups is 1. The third kappa shape index (κ3) is 5.58. The minimum absolute atomic E-state index is 0.254. The van der Waals surface area contributed by atoms with Gasteiger partial charge in [0.15, 0.2) is 11.6 Å². The maximum Gasteiger partial charge on any atom is 0.270 e. The zero-order valence-corrected chi connectivity index (χ0v) is 21.1. The number of rotatable bonds is 7. The van der Waals surface area contributed by atoms with E-state index in [9.17, 15) is 4.79 Å². The highest BCUT2D eigenvalue weighted by molar-refractivity contribution is 5.94. The molecule has 0 unspecified atom stereocenters. The Labute approximate surface area is 214 Å². The molecule has 0 spiro atoms. The molecule has 5 rings (SSSR count). The molecule has 0 aliphatic carbocycles. The quantitative estimate of drug-likeness (QED) is 0.355. The highest BCUT2D eigenvalue weighted by atomic mass is 16.1. The molecule has 0 radical (unpaired) electrons. The first-order chi connectivity index (χ1) is 17.8. The van der Waals surface area contributed by atoms with Gasteiger partial charge in [-0.25, -0.2) is 19.6 Å². The summed E-state index contributed by atoms with van der Waals surface area (Å²) in [6.07, 6.45) is 7.66. The van der Waals surface area contributed by atoms with Crippen LogP contribution < -0.4 is 5.32 Å². The van der Waals surface area contributed by atoms with E-state index in [0.29, 0.717) is 24.5 Å². The molecule has 0 atom stereocenters. The average Bonchev–Trinajstić information content (AvgIpc) is 3.50. The Balaban J connectivity index is 1.26. The van der Waals surface area contributed by atoms with Crippen LogP contribution in [0, 0.1) is 27.7 Å². The van der Waals surface area contributed by atoms with Gasteiger partial charge in [0.2, 0.25) is 0 Å². The molecule has 0 saturated carbocycles. The normalized spacial score (nSPS) is 11.0. The van der Waals surface area contributed by atoms with Crippen LogP contribution in [0.4, 0.5) is 0 Å². The molecule has 5 aromatic heterocycles. The summed E-state index contributed by atoms with van der Waals surface area (Å²) in [5, 5.41) is 14.4. The summed E-state index contributed by atoms with van der Waals surface area (Å²) in [5.41, 5.74) is 7.45. The van der Waals surface area contributed by atoms with Crippen LogP contribution in [0.2, 0.25) is 0 Å². The summed E-state index contributed by atoms with van der Waals surface area (Å²) in [7, 11) is 0. The van der Waals surface area contributed by atoms with Gasteiger partial charge in [-0.15, -0.1) is 0 Å². The highest BCUT2D eigenvalue weighted by Crippen LogP contribution is 2.19. The topological polar surface area (TPSA) is 127 Å². The van der Waals surface area contributed by atoms with E-state index in [-0.39, 0.29) is 5.91 Å². The van der Waals surface area contributed by atoms with Crippen molar-refractivity contribution in [1.29, 1.82) is 0 Å². The third-order valence-corrected chi connectivity index (χ3v) is 5.79. The zero-order chi connectivity index (χ0) is 25.9. The van der Waals surface area contributed by atoms with Gasteiger partial charge < -0.3 is 5.32 Å². The van der Waals surface area contributed by atoms with Crippen molar-refractivity contribution in [2.75, 3.05) is 0 Å². The van der Waals surface area contributed by atoms with E-state index in [1.165, 1.54) is 0 Å². The van der Waals surface area contributed by atoms with Crippen molar-refractivity contribution in [2.24, 2.45) is 0 Å². The number of hydrogen-bond donors (Lipinski definition) is 2. The van der Waals surface area contributed by atoms with E-state index >= 15 is 0 Å². The zero-order valence-electron chi connectivity index (χ0n) is 21.1. The maximum atomic E-state index is 12.8. The molecule has 0 aromatic carbocycles. The van der Waals surface area contributed by atoms with Gasteiger partial charge in [0.25, 0.3) is 5.91 Å². The van der Waals surface area contributed by atoms with E-state index in [2.05, 4.69) is 35.6 Å². The highest BCUT2D eigenvalue weighted by Gasteiger charge is 2.14. The van der Waals surface area contributed by atoms with Gasteiger partial charge in [-0.2, -0.15) is 10.2 Å². The van der Waals surface area contributed by atoms with Crippen LogP contribution in [0.1, 0.15) is 50.0 Å². The number of hydrogen-bond acceptors (Lipinski definition) is 7. The van der Waals surface area contributed by atoms with E-state index in [1.54, 1.807) is 23.3 Å². The minimum atomic E-state index is -0.254. The van der Waals surface area contributed by atoms with Crippen molar-refractivity contribution in [1.82, 2.24) is 45.2 Å². The van der Waals surface area contributed by atoms with E-state index < -0.39 is 0 Å². The number of aromatic amines is 1. The Morgan fingerprint density at radius 2 is 1.84 bits per heavy atom. The predicted molar refractivity (Wildman–Crippen MR) is 138 cm³/mol. The summed E-state index contributed by atoms with van der Waals surface area (Å²) in [6, 6.07) is 9.63. The first-order valence-electron chi connectivity index (χ1n) is 11.9. The fourth-order valence-corrected chi connectivity index (χ4v) is 4.00.